The van der Waals surface area contributed by atoms with Crippen molar-refractivity contribution < 1.29 is 32.2 Å². The van der Waals surface area contributed by atoms with Gasteiger partial charge in [-0.2, -0.15) is 18.3 Å². The summed E-state index contributed by atoms with van der Waals surface area (Å²) in [6.45, 7) is 2.03. The van der Waals surface area contributed by atoms with Crippen LogP contribution in [0.3, 0.4) is 0 Å². The lowest BCUT2D eigenvalue weighted by Crippen LogP contribution is -2.49. The molecule has 4 heterocycles. The topological polar surface area (TPSA) is 81.1 Å². The average molecular weight is 530 g/mol. The predicted octanol–water partition coefficient (Wildman–Crippen LogP) is 4.24. The number of piperazine rings is 1. The van der Waals surface area contributed by atoms with Crippen LogP contribution in [-0.2, 0) is 0 Å². The number of benzene rings is 2. The van der Waals surface area contributed by atoms with Crippen LogP contribution in [0.4, 0.5) is 24.7 Å². The number of anilines is 2. The Labute approximate surface area is 216 Å². The fourth-order valence-electron chi connectivity index (χ4n) is 5.23. The lowest BCUT2D eigenvalue weighted by molar-refractivity contribution is -0.173. The first-order chi connectivity index (χ1) is 18.3. The molecule has 1 N–H and O–H groups in total. The Morgan fingerprint density at radius 1 is 1.05 bits per heavy atom. The Morgan fingerprint density at radius 3 is 2.58 bits per heavy atom. The molecule has 12 heteroatoms. The van der Waals surface area contributed by atoms with Gasteiger partial charge in [0.15, 0.2) is 23.2 Å². The smallest absolute Gasteiger partial charge is 0.410 e. The molecule has 1 aromatic heterocycles. The molecule has 1 saturated heterocycles. The minimum atomic E-state index is -4.54. The molecule has 9 nitrogen and oxygen atoms in total. The van der Waals surface area contributed by atoms with E-state index in [1.165, 1.54) is 6.07 Å². The number of para-hydroxylation sites is 2. The highest BCUT2D eigenvalue weighted by Gasteiger charge is 2.47. The molecule has 0 saturated carbocycles. The number of nitrogens with zero attached hydrogens (tertiary/aromatic N) is 4. The number of carbonyl (C=O) groups excluding carboxylic acids is 1. The van der Waals surface area contributed by atoms with Gasteiger partial charge in [0.1, 0.15) is 11.6 Å². The maximum Gasteiger partial charge on any atom is 0.410 e. The van der Waals surface area contributed by atoms with E-state index in [4.69, 9.17) is 14.2 Å². The van der Waals surface area contributed by atoms with Crippen molar-refractivity contribution in [3.8, 4) is 17.2 Å². The summed E-state index contributed by atoms with van der Waals surface area (Å²) in [5.74, 6) is 1.55. The fraction of sp³-hybridized carbons (Fsp3) is 0.385. The maximum atomic E-state index is 14.1. The number of alkyl halides is 3. The third-order valence-corrected chi connectivity index (χ3v) is 7.20. The molecule has 2 aromatic carbocycles. The normalized spacial score (nSPS) is 20.6. The standard InChI is InChI=1S/C26H26F3N5O4/c1-36-20-5-3-2-4-19(20)32-8-10-33(11-9-32)25(35)18-14-24-30-17(13-23(26(27,28)29)34(24)31-18)16-6-7-21-22(12-16)38-15-37-21/h2-7,12,14,17,23,30H,8-11,13,15H2,1H3/t17-,23-/m0/s1. The van der Waals surface area contributed by atoms with Crippen molar-refractivity contribution in [1.82, 2.24) is 14.7 Å². The number of aromatic nitrogens is 2. The molecule has 3 aliphatic rings. The highest BCUT2D eigenvalue weighted by Crippen LogP contribution is 2.45. The summed E-state index contributed by atoms with van der Waals surface area (Å²) in [7, 11) is 1.61. The molecule has 1 amide bonds. The second kappa shape index (κ2) is 9.34. The number of ether oxygens (including phenoxy) is 3. The number of carbonyl (C=O) groups is 1. The lowest BCUT2D eigenvalue weighted by atomic mass is 9.96. The molecule has 0 radical (unpaired) electrons. The van der Waals surface area contributed by atoms with Crippen molar-refractivity contribution in [3.05, 3.63) is 59.8 Å². The van der Waals surface area contributed by atoms with E-state index < -0.39 is 24.2 Å². The van der Waals surface area contributed by atoms with Gasteiger partial charge in [0.05, 0.1) is 18.8 Å². The van der Waals surface area contributed by atoms with Crippen LogP contribution in [0.1, 0.15) is 34.6 Å². The van der Waals surface area contributed by atoms with Gasteiger partial charge in [-0.25, -0.2) is 4.68 Å². The molecule has 3 aliphatic heterocycles. The molecule has 200 valence electrons. The van der Waals surface area contributed by atoms with Crippen LogP contribution in [0.5, 0.6) is 17.2 Å². The Kier molecular flexibility index (Phi) is 5.96. The first kappa shape index (κ1) is 24.3. The van der Waals surface area contributed by atoms with Crippen LogP contribution in [0.25, 0.3) is 0 Å². The molecule has 1 fully saturated rings. The third kappa shape index (κ3) is 4.33. The summed E-state index contributed by atoms with van der Waals surface area (Å²) >= 11 is 0. The SMILES string of the molecule is COc1ccccc1N1CCN(C(=O)c2cc3n(n2)[C@H](C(F)(F)F)C[C@@H](c2ccc4c(c2)OCO4)N3)CC1. The molecule has 0 aliphatic carbocycles. The first-order valence-electron chi connectivity index (χ1n) is 12.3. The third-order valence-electron chi connectivity index (χ3n) is 7.20. The van der Waals surface area contributed by atoms with Crippen LogP contribution in [0.2, 0.25) is 0 Å². The van der Waals surface area contributed by atoms with Gasteiger partial charge in [-0.15, -0.1) is 0 Å². The van der Waals surface area contributed by atoms with E-state index in [-0.39, 0.29) is 24.7 Å². The number of rotatable bonds is 4. The van der Waals surface area contributed by atoms with Gasteiger partial charge in [-0.3, -0.25) is 4.79 Å². The molecule has 6 rings (SSSR count). The average Bonchev–Trinajstić information content (AvgIpc) is 3.58. The molecule has 2 atom stereocenters. The molecule has 38 heavy (non-hydrogen) atoms. The molecule has 3 aromatic rings. The summed E-state index contributed by atoms with van der Waals surface area (Å²) in [4.78, 5) is 17.0. The number of amides is 1. The van der Waals surface area contributed by atoms with Crippen molar-refractivity contribution in [1.29, 1.82) is 0 Å². The van der Waals surface area contributed by atoms with Crippen LogP contribution in [-0.4, -0.2) is 66.8 Å². The minimum absolute atomic E-state index is 0.0150. The van der Waals surface area contributed by atoms with Gasteiger partial charge in [0.25, 0.3) is 5.91 Å². The Morgan fingerprint density at radius 2 is 1.82 bits per heavy atom. The van der Waals surface area contributed by atoms with Crippen molar-refractivity contribution in [2.24, 2.45) is 0 Å². The molecule has 0 unspecified atom stereocenters. The van der Waals surface area contributed by atoms with Crippen molar-refractivity contribution in [3.63, 3.8) is 0 Å². The largest absolute Gasteiger partial charge is 0.495 e. The summed E-state index contributed by atoms with van der Waals surface area (Å²) in [5, 5.41) is 7.27. The second-order valence-corrected chi connectivity index (χ2v) is 9.41. The van der Waals surface area contributed by atoms with Crippen LogP contribution < -0.4 is 24.4 Å². The van der Waals surface area contributed by atoms with Gasteiger partial charge in [-0.05, 0) is 29.8 Å². The van der Waals surface area contributed by atoms with Gasteiger partial charge >= 0.3 is 6.18 Å². The van der Waals surface area contributed by atoms with Crippen molar-refractivity contribution in [2.75, 3.05) is 50.3 Å². The monoisotopic (exact) mass is 529 g/mol. The number of halogens is 3. The van der Waals surface area contributed by atoms with Crippen LogP contribution >= 0.6 is 0 Å². The van der Waals surface area contributed by atoms with Gasteiger partial charge in [-0.1, -0.05) is 18.2 Å². The quantitative estimate of drug-likeness (QED) is 0.542. The van der Waals surface area contributed by atoms with E-state index in [2.05, 4.69) is 15.3 Å². The number of methoxy groups -OCH3 is 1. The van der Waals surface area contributed by atoms with Crippen LogP contribution in [0.15, 0.2) is 48.5 Å². The van der Waals surface area contributed by atoms with Crippen LogP contribution in [0, 0.1) is 0 Å². The predicted molar refractivity (Wildman–Crippen MR) is 132 cm³/mol. The maximum absolute atomic E-state index is 14.1. The minimum Gasteiger partial charge on any atom is -0.495 e. The summed E-state index contributed by atoms with van der Waals surface area (Å²) in [6, 6.07) is 11.6. The Hall–Kier alpha value is -4.09. The van der Waals surface area contributed by atoms with Gasteiger partial charge in [0.2, 0.25) is 6.79 Å². The van der Waals surface area contributed by atoms with Gasteiger partial charge in [0, 0.05) is 38.7 Å². The number of hydrogen-bond donors (Lipinski definition) is 1. The molecular formula is C26H26F3N5O4. The summed E-state index contributed by atoms with van der Waals surface area (Å²) < 4.78 is 59.4. The molecule has 0 spiro atoms. The van der Waals surface area contributed by atoms with Gasteiger partial charge < -0.3 is 29.3 Å². The van der Waals surface area contributed by atoms with E-state index in [1.54, 1.807) is 30.2 Å². The zero-order chi connectivity index (χ0) is 26.4. The highest BCUT2D eigenvalue weighted by atomic mass is 19.4. The fourth-order valence-corrected chi connectivity index (χ4v) is 5.23. The van der Waals surface area contributed by atoms with E-state index in [0.717, 1.165) is 16.1 Å². The molecule has 0 bridgehead atoms. The number of hydrogen-bond acceptors (Lipinski definition) is 7. The summed E-state index contributed by atoms with van der Waals surface area (Å²) in [6.07, 6.45) is -4.82. The van der Waals surface area contributed by atoms with E-state index in [9.17, 15) is 18.0 Å². The number of nitrogens with one attached hydrogen (secondary N) is 1. The zero-order valence-electron chi connectivity index (χ0n) is 20.6. The first-order valence-corrected chi connectivity index (χ1v) is 12.3. The summed E-state index contributed by atoms with van der Waals surface area (Å²) in [5.41, 5.74) is 1.56. The highest BCUT2D eigenvalue weighted by molar-refractivity contribution is 5.93. The number of fused-ring (bicyclic) bond motifs is 2. The Bertz CT molecular complexity index is 1350. The Balaban J connectivity index is 1.21. The molecular weight excluding hydrogens is 503 g/mol. The van der Waals surface area contributed by atoms with E-state index in [1.807, 2.05) is 24.3 Å². The van der Waals surface area contributed by atoms with Crippen molar-refractivity contribution >= 4 is 17.4 Å². The van der Waals surface area contributed by atoms with E-state index in [0.29, 0.717) is 43.2 Å². The zero-order valence-corrected chi connectivity index (χ0v) is 20.6. The second-order valence-electron chi connectivity index (χ2n) is 9.41. The van der Waals surface area contributed by atoms with Crippen molar-refractivity contribution in [2.45, 2.75) is 24.7 Å². The van der Waals surface area contributed by atoms with E-state index >= 15 is 0 Å². The lowest BCUT2D eigenvalue weighted by Gasteiger charge is -2.36.